The quantitative estimate of drug-likeness (QED) is 0.694. The number of rotatable bonds is 7. The van der Waals surface area contributed by atoms with Crippen LogP contribution in [-0.4, -0.2) is 30.1 Å². The zero-order valence-corrected chi connectivity index (χ0v) is 14.5. The Bertz CT molecular complexity index is 939. The van der Waals surface area contributed by atoms with Crippen molar-refractivity contribution in [3.8, 4) is 11.5 Å². The average molecular weight is 358 g/mol. The van der Waals surface area contributed by atoms with E-state index in [9.17, 15) is 8.42 Å². The van der Waals surface area contributed by atoms with Gasteiger partial charge in [0.05, 0.1) is 11.3 Å². The van der Waals surface area contributed by atoms with Crippen molar-refractivity contribution in [1.82, 2.24) is 19.9 Å². The zero-order valence-electron chi connectivity index (χ0n) is 13.7. The molecule has 0 aliphatic carbocycles. The molecule has 25 heavy (non-hydrogen) atoms. The Hall–Kier alpha value is -2.58. The van der Waals surface area contributed by atoms with Crippen molar-refractivity contribution in [3.63, 3.8) is 0 Å². The van der Waals surface area contributed by atoms with E-state index >= 15 is 0 Å². The fourth-order valence-corrected chi connectivity index (χ4v) is 3.48. The van der Waals surface area contributed by atoms with E-state index in [1.54, 1.807) is 24.5 Å². The van der Waals surface area contributed by atoms with E-state index in [4.69, 9.17) is 4.42 Å². The van der Waals surface area contributed by atoms with Crippen LogP contribution in [0.3, 0.4) is 0 Å². The summed E-state index contributed by atoms with van der Waals surface area (Å²) in [5, 5.41) is 7.87. The smallest absolute Gasteiger partial charge is 0.249 e. The molecular weight excluding hydrogens is 340 g/mol. The van der Waals surface area contributed by atoms with Crippen LogP contribution in [-0.2, 0) is 22.2 Å². The summed E-state index contributed by atoms with van der Waals surface area (Å²) in [6, 6.07) is 11.0. The van der Waals surface area contributed by atoms with Crippen molar-refractivity contribution in [1.29, 1.82) is 0 Å². The SMILES string of the molecule is Cc1cccc(CS(=O)(=O)NCCc2nnc(-c3cccnc3)o2)c1. The van der Waals surface area contributed by atoms with E-state index in [0.29, 0.717) is 18.2 Å². The molecule has 1 aromatic carbocycles. The third-order valence-corrected chi connectivity index (χ3v) is 4.83. The van der Waals surface area contributed by atoms with E-state index in [2.05, 4.69) is 19.9 Å². The largest absolute Gasteiger partial charge is 0.421 e. The molecular formula is C17H18N4O3S. The molecule has 2 aromatic heterocycles. The molecule has 7 nitrogen and oxygen atoms in total. The lowest BCUT2D eigenvalue weighted by Gasteiger charge is -2.06. The molecule has 0 fully saturated rings. The number of nitrogens with zero attached hydrogens (tertiary/aromatic N) is 3. The standard InChI is InChI=1S/C17H18N4O3S/c1-13-4-2-5-14(10-13)12-25(22,23)19-9-7-16-20-21-17(24-16)15-6-3-8-18-11-15/h2-6,8,10-11,19H,7,9,12H2,1H3. The summed E-state index contributed by atoms with van der Waals surface area (Å²) in [4.78, 5) is 3.99. The minimum atomic E-state index is -3.42. The van der Waals surface area contributed by atoms with Crippen LogP contribution in [0.4, 0.5) is 0 Å². The highest BCUT2D eigenvalue weighted by molar-refractivity contribution is 7.88. The number of benzene rings is 1. The summed E-state index contributed by atoms with van der Waals surface area (Å²) < 4.78 is 32.4. The molecule has 0 aliphatic heterocycles. The molecule has 0 atom stereocenters. The maximum Gasteiger partial charge on any atom is 0.249 e. The first-order valence-corrected chi connectivity index (χ1v) is 9.43. The van der Waals surface area contributed by atoms with Crippen LogP contribution in [0.2, 0.25) is 0 Å². The molecule has 3 aromatic rings. The molecule has 130 valence electrons. The molecule has 0 spiro atoms. The number of hydrogen-bond donors (Lipinski definition) is 1. The number of pyridine rings is 1. The van der Waals surface area contributed by atoms with Gasteiger partial charge in [-0.2, -0.15) is 0 Å². The van der Waals surface area contributed by atoms with Crippen LogP contribution in [0.15, 0.2) is 53.2 Å². The molecule has 0 unspecified atom stereocenters. The van der Waals surface area contributed by atoms with Gasteiger partial charge in [0.1, 0.15) is 0 Å². The van der Waals surface area contributed by atoms with Gasteiger partial charge in [-0.05, 0) is 24.6 Å². The highest BCUT2D eigenvalue weighted by Crippen LogP contribution is 2.16. The van der Waals surface area contributed by atoms with Crippen LogP contribution in [0.5, 0.6) is 0 Å². The first-order valence-electron chi connectivity index (χ1n) is 7.77. The van der Waals surface area contributed by atoms with Gasteiger partial charge in [0.25, 0.3) is 0 Å². The lowest BCUT2D eigenvalue weighted by Crippen LogP contribution is -2.27. The van der Waals surface area contributed by atoms with Gasteiger partial charge in [-0.15, -0.1) is 10.2 Å². The number of aryl methyl sites for hydroxylation is 1. The highest BCUT2D eigenvalue weighted by atomic mass is 32.2. The summed E-state index contributed by atoms with van der Waals surface area (Å²) in [7, 11) is -3.42. The van der Waals surface area contributed by atoms with Gasteiger partial charge in [0.2, 0.25) is 21.8 Å². The third-order valence-electron chi connectivity index (χ3n) is 3.48. The molecule has 0 aliphatic rings. The van der Waals surface area contributed by atoms with Crippen molar-refractivity contribution in [2.45, 2.75) is 19.1 Å². The van der Waals surface area contributed by atoms with Crippen LogP contribution >= 0.6 is 0 Å². The number of hydrogen-bond acceptors (Lipinski definition) is 6. The Balaban J connectivity index is 1.55. The predicted molar refractivity (Wildman–Crippen MR) is 93.0 cm³/mol. The lowest BCUT2D eigenvalue weighted by atomic mass is 10.2. The summed E-state index contributed by atoms with van der Waals surface area (Å²) in [6.07, 6.45) is 3.60. The van der Waals surface area contributed by atoms with Crippen LogP contribution in [0.1, 0.15) is 17.0 Å². The average Bonchev–Trinajstić information content (AvgIpc) is 3.04. The molecule has 3 rings (SSSR count). The molecule has 0 amide bonds. The maximum absolute atomic E-state index is 12.1. The Morgan fingerprint density at radius 1 is 1.16 bits per heavy atom. The molecule has 0 bridgehead atoms. The fraction of sp³-hybridized carbons (Fsp3) is 0.235. The van der Waals surface area contributed by atoms with Gasteiger partial charge in [0.15, 0.2) is 0 Å². The molecule has 0 radical (unpaired) electrons. The van der Waals surface area contributed by atoms with Gasteiger partial charge in [-0.1, -0.05) is 29.8 Å². The third kappa shape index (κ3) is 4.94. The van der Waals surface area contributed by atoms with E-state index in [0.717, 1.165) is 16.7 Å². The van der Waals surface area contributed by atoms with E-state index < -0.39 is 10.0 Å². The van der Waals surface area contributed by atoms with E-state index in [-0.39, 0.29) is 12.3 Å². The Labute approximate surface area is 146 Å². The number of aromatic nitrogens is 3. The molecule has 2 heterocycles. The molecule has 8 heteroatoms. The van der Waals surface area contributed by atoms with Gasteiger partial charge < -0.3 is 4.42 Å². The number of sulfonamides is 1. The minimum Gasteiger partial charge on any atom is -0.421 e. The highest BCUT2D eigenvalue weighted by Gasteiger charge is 2.13. The molecule has 0 saturated carbocycles. The van der Waals surface area contributed by atoms with Crippen LogP contribution in [0, 0.1) is 6.92 Å². The Kier molecular flexibility index (Phi) is 5.20. The Morgan fingerprint density at radius 2 is 2.04 bits per heavy atom. The second kappa shape index (κ2) is 7.54. The minimum absolute atomic E-state index is 0.0561. The van der Waals surface area contributed by atoms with E-state index in [1.165, 1.54) is 0 Å². The van der Waals surface area contributed by atoms with Gasteiger partial charge >= 0.3 is 0 Å². The summed E-state index contributed by atoms with van der Waals surface area (Å²) in [5.41, 5.74) is 2.51. The van der Waals surface area contributed by atoms with E-state index in [1.807, 2.05) is 31.2 Å². The zero-order chi connectivity index (χ0) is 17.7. The molecule has 0 saturated heterocycles. The Morgan fingerprint density at radius 3 is 2.80 bits per heavy atom. The predicted octanol–water partition coefficient (Wildman–Crippen LogP) is 2.10. The van der Waals surface area contributed by atoms with Crippen molar-refractivity contribution in [3.05, 3.63) is 65.8 Å². The summed E-state index contributed by atoms with van der Waals surface area (Å²) in [5.74, 6) is 0.683. The van der Waals surface area contributed by atoms with Gasteiger partial charge in [-0.3, -0.25) is 4.98 Å². The van der Waals surface area contributed by atoms with Crippen molar-refractivity contribution in [2.75, 3.05) is 6.54 Å². The van der Waals surface area contributed by atoms with Crippen molar-refractivity contribution >= 4 is 10.0 Å². The first-order chi connectivity index (χ1) is 12.0. The van der Waals surface area contributed by atoms with Crippen molar-refractivity contribution < 1.29 is 12.8 Å². The number of nitrogens with one attached hydrogen (secondary N) is 1. The van der Waals surface area contributed by atoms with Crippen LogP contribution in [0.25, 0.3) is 11.5 Å². The summed E-state index contributed by atoms with van der Waals surface area (Å²) >= 11 is 0. The summed E-state index contributed by atoms with van der Waals surface area (Å²) in [6.45, 7) is 2.13. The molecule has 1 N–H and O–H groups in total. The van der Waals surface area contributed by atoms with Crippen LogP contribution < -0.4 is 4.72 Å². The van der Waals surface area contributed by atoms with Crippen molar-refractivity contribution in [2.24, 2.45) is 0 Å². The first kappa shape index (κ1) is 17.2. The maximum atomic E-state index is 12.1. The fourth-order valence-electron chi connectivity index (χ4n) is 2.35. The van der Waals surface area contributed by atoms with Gasteiger partial charge in [0, 0.05) is 25.4 Å². The topological polar surface area (TPSA) is 98.0 Å². The second-order valence-corrected chi connectivity index (χ2v) is 7.44. The second-order valence-electron chi connectivity index (χ2n) is 5.64. The monoisotopic (exact) mass is 358 g/mol. The van der Waals surface area contributed by atoms with Gasteiger partial charge in [-0.25, -0.2) is 13.1 Å². The lowest BCUT2D eigenvalue weighted by molar-refractivity contribution is 0.501. The normalized spacial score (nSPS) is 11.6.